The summed E-state index contributed by atoms with van der Waals surface area (Å²) in [4.78, 5) is 12.0. The Morgan fingerprint density at radius 2 is 2.17 bits per heavy atom. The average Bonchev–Trinajstić information content (AvgIpc) is 2.33. The molecule has 0 amide bonds. The molecule has 1 aromatic heterocycles. The smallest absolute Gasteiger partial charge is 0.322 e. The van der Waals surface area contributed by atoms with Gasteiger partial charge in [-0.3, -0.25) is 0 Å². The van der Waals surface area contributed by atoms with Crippen LogP contribution in [0.15, 0.2) is 0 Å². The minimum atomic E-state index is 0.105. The minimum Gasteiger partial charge on any atom is -0.463 e. The molecular weight excluding hydrogens is 256 g/mol. The van der Waals surface area contributed by atoms with Crippen LogP contribution >= 0.6 is 11.6 Å². The van der Waals surface area contributed by atoms with Crippen LogP contribution in [0.3, 0.4) is 0 Å². The Labute approximate surface area is 112 Å². The Balaban J connectivity index is 2.61. The van der Waals surface area contributed by atoms with Gasteiger partial charge in [-0.25, -0.2) is 0 Å². The summed E-state index contributed by atoms with van der Waals surface area (Å²) in [5, 5.41) is 12.0. The summed E-state index contributed by atoms with van der Waals surface area (Å²) in [5.74, 6) is 0.395. The predicted octanol–water partition coefficient (Wildman–Crippen LogP) is 1.89. The first kappa shape index (κ1) is 14.9. The van der Waals surface area contributed by atoms with Crippen LogP contribution in [-0.4, -0.2) is 39.3 Å². The summed E-state index contributed by atoms with van der Waals surface area (Å²) < 4.78 is 5.31. The highest BCUT2D eigenvalue weighted by Gasteiger charge is 2.08. The van der Waals surface area contributed by atoms with Crippen LogP contribution in [-0.2, 0) is 0 Å². The topological polar surface area (TPSA) is 80.2 Å². The predicted molar refractivity (Wildman–Crippen MR) is 70.0 cm³/mol. The Hall–Kier alpha value is -1.14. The van der Waals surface area contributed by atoms with E-state index in [0.717, 1.165) is 19.3 Å². The Kier molecular flexibility index (Phi) is 6.67. The van der Waals surface area contributed by atoms with Gasteiger partial charge >= 0.3 is 6.01 Å². The van der Waals surface area contributed by atoms with E-state index in [9.17, 15) is 0 Å². The average molecular weight is 275 g/mol. The van der Waals surface area contributed by atoms with Crippen LogP contribution in [0.2, 0.25) is 5.28 Å². The van der Waals surface area contributed by atoms with Crippen molar-refractivity contribution in [2.75, 3.05) is 18.5 Å². The van der Waals surface area contributed by atoms with Gasteiger partial charge in [0.1, 0.15) is 0 Å². The molecule has 0 spiro atoms. The van der Waals surface area contributed by atoms with Crippen LogP contribution in [0.25, 0.3) is 0 Å². The Morgan fingerprint density at radius 3 is 2.83 bits per heavy atom. The SMILES string of the molecule is CCCOc1nc(Cl)nc(NC(C)CCCO)n1. The van der Waals surface area contributed by atoms with Gasteiger partial charge in [-0.2, -0.15) is 15.0 Å². The monoisotopic (exact) mass is 274 g/mol. The maximum atomic E-state index is 8.76. The molecule has 1 unspecified atom stereocenters. The molecule has 102 valence electrons. The molecule has 0 aromatic carbocycles. The highest BCUT2D eigenvalue weighted by Crippen LogP contribution is 2.13. The van der Waals surface area contributed by atoms with Crippen molar-refractivity contribution >= 4 is 17.5 Å². The fraction of sp³-hybridized carbons (Fsp3) is 0.727. The molecule has 0 radical (unpaired) electrons. The molecule has 1 aromatic rings. The van der Waals surface area contributed by atoms with E-state index < -0.39 is 0 Å². The number of ether oxygens (including phenoxy) is 1. The van der Waals surface area contributed by atoms with Crippen molar-refractivity contribution in [2.45, 2.75) is 39.2 Å². The van der Waals surface area contributed by atoms with Crippen LogP contribution in [0, 0.1) is 0 Å². The van der Waals surface area contributed by atoms with Crippen molar-refractivity contribution in [3.05, 3.63) is 5.28 Å². The summed E-state index contributed by atoms with van der Waals surface area (Å²) >= 11 is 5.79. The number of nitrogens with zero attached hydrogens (tertiary/aromatic N) is 3. The lowest BCUT2D eigenvalue weighted by molar-refractivity contribution is 0.281. The Bertz CT molecular complexity index is 365. The summed E-state index contributed by atoms with van der Waals surface area (Å²) in [7, 11) is 0. The number of halogens is 1. The van der Waals surface area contributed by atoms with E-state index in [1.165, 1.54) is 0 Å². The summed E-state index contributed by atoms with van der Waals surface area (Å²) in [6.07, 6.45) is 2.43. The molecule has 0 aliphatic heterocycles. The molecule has 0 bridgehead atoms. The van der Waals surface area contributed by atoms with E-state index in [4.69, 9.17) is 21.4 Å². The maximum absolute atomic E-state index is 8.76. The van der Waals surface area contributed by atoms with E-state index in [1.807, 2.05) is 13.8 Å². The van der Waals surface area contributed by atoms with E-state index in [2.05, 4.69) is 20.3 Å². The van der Waals surface area contributed by atoms with Crippen molar-refractivity contribution in [3.8, 4) is 6.01 Å². The number of nitrogens with one attached hydrogen (secondary N) is 1. The second-order valence-electron chi connectivity index (χ2n) is 3.97. The molecule has 0 fully saturated rings. The van der Waals surface area contributed by atoms with Gasteiger partial charge in [-0.05, 0) is 37.8 Å². The lowest BCUT2D eigenvalue weighted by Gasteiger charge is -2.13. The van der Waals surface area contributed by atoms with Crippen molar-refractivity contribution in [1.82, 2.24) is 15.0 Å². The lowest BCUT2D eigenvalue weighted by Crippen LogP contribution is -2.18. The molecule has 7 heteroatoms. The fourth-order valence-corrected chi connectivity index (χ4v) is 1.50. The molecule has 0 aliphatic carbocycles. The van der Waals surface area contributed by atoms with E-state index >= 15 is 0 Å². The number of hydrogen-bond acceptors (Lipinski definition) is 6. The van der Waals surface area contributed by atoms with Crippen molar-refractivity contribution in [2.24, 2.45) is 0 Å². The number of anilines is 1. The zero-order valence-electron chi connectivity index (χ0n) is 10.7. The standard InChI is InChI=1S/C11H19ClN4O2/c1-3-7-18-11-15-9(12)14-10(16-11)13-8(2)5-4-6-17/h8,17H,3-7H2,1-2H3,(H,13,14,15,16). The zero-order chi connectivity index (χ0) is 13.4. The molecule has 2 N–H and O–H groups in total. The van der Waals surface area contributed by atoms with Crippen LogP contribution in [0.4, 0.5) is 5.95 Å². The number of aliphatic hydroxyl groups is 1. The van der Waals surface area contributed by atoms with E-state index in [-0.39, 0.29) is 23.9 Å². The van der Waals surface area contributed by atoms with Gasteiger partial charge in [-0.15, -0.1) is 0 Å². The normalized spacial score (nSPS) is 12.2. The van der Waals surface area contributed by atoms with Gasteiger partial charge in [0.05, 0.1) is 6.61 Å². The van der Waals surface area contributed by atoms with Gasteiger partial charge in [-0.1, -0.05) is 6.92 Å². The van der Waals surface area contributed by atoms with Gasteiger partial charge in [0, 0.05) is 12.6 Å². The number of aliphatic hydroxyl groups excluding tert-OH is 1. The van der Waals surface area contributed by atoms with Crippen LogP contribution < -0.4 is 10.1 Å². The summed E-state index contributed by atoms with van der Waals surface area (Å²) in [5.41, 5.74) is 0. The maximum Gasteiger partial charge on any atom is 0.322 e. The van der Waals surface area contributed by atoms with Gasteiger partial charge in [0.25, 0.3) is 0 Å². The van der Waals surface area contributed by atoms with E-state index in [0.29, 0.717) is 12.6 Å². The third-order valence-electron chi connectivity index (χ3n) is 2.19. The largest absolute Gasteiger partial charge is 0.463 e. The lowest BCUT2D eigenvalue weighted by atomic mass is 10.2. The van der Waals surface area contributed by atoms with Crippen LogP contribution in [0.1, 0.15) is 33.1 Å². The second-order valence-corrected chi connectivity index (χ2v) is 4.31. The minimum absolute atomic E-state index is 0.105. The molecule has 0 saturated carbocycles. The molecule has 6 nitrogen and oxygen atoms in total. The molecule has 0 aliphatic rings. The quantitative estimate of drug-likeness (QED) is 0.753. The molecule has 1 rings (SSSR count). The summed E-state index contributed by atoms with van der Waals surface area (Å²) in [6, 6.07) is 0.378. The number of rotatable bonds is 8. The van der Waals surface area contributed by atoms with Crippen molar-refractivity contribution < 1.29 is 9.84 Å². The summed E-state index contributed by atoms with van der Waals surface area (Å²) in [6.45, 7) is 4.70. The number of aromatic nitrogens is 3. The second kappa shape index (κ2) is 8.05. The van der Waals surface area contributed by atoms with Gasteiger partial charge < -0.3 is 15.2 Å². The first-order chi connectivity index (χ1) is 8.65. The first-order valence-corrected chi connectivity index (χ1v) is 6.45. The zero-order valence-corrected chi connectivity index (χ0v) is 11.4. The first-order valence-electron chi connectivity index (χ1n) is 6.07. The van der Waals surface area contributed by atoms with Crippen molar-refractivity contribution in [3.63, 3.8) is 0 Å². The van der Waals surface area contributed by atoms with Crippen molar-refractivity contribution in [1.29, 1.82) is 0 Å². The molecule has 1 atom stereocenters. The van der Waals surface area contributed by atoms with Gasteiger partial charge in [0.15, 0.2) is 0 Å². The van der Waals surface area contributed by atoms with Gasteiger partial charge in [0.2, 0.25) is 11.2 Å². The molecule has 1 heterocycles. The fourth-order valence-electron chi connectivity index (χ4n) is 1.34. The van der Waals surface area contributed by atoms with E-state index in [1.54, 1.807) is 0 Å². The molecule has 18 heavy (non-hydrogen) atoms. The Morgan fingerprint density at radius 1 is 1.39 bits per heavy atom. The highest BCUT2D eigenvalue weighted by molar-refractivity contribution is 6.28. The number of hydrogen-bond donors (Lipinski definition) is 2. The third kappa shape index (κ3) is 5.46. The van der Waals surface area contributed by atoms with Crippen LogP contribution in [0.5, 0.6) is 6.01 Å². The third-order valence-corrected chi connectivity index (χ3v) is 2.36. The molecular formula is C11H19ClN4O2. The molecule has 0 saturated heterocycles. The highest BCUT2D eigenvalue weighted by atomic mass is 35.5.